The van der Waals surface area contributed by atoms with Crippen LogP contribution in [0.4, 0.5) is 4.79 Å². The molecule has 0 spiro atoms. The highest BCUT2D eigenvalue weighted by Gasteiger charge is 2.39. The van der Waals surface area contributed by atoms with E-state index < -0.39 is 12.3 Å². The molecule has 2 unspecified atom stereocenters. The highest BCUT2D eigenvalue weighted by molar-refractivity contribution is 5.86. The van der Waals surface area contributed by atoms with E-state index in [0.29, 0.717) is 24.7 Å². The first kappa shape index (κ1) is 19.5. The predicted octanol–water partition coefficient (Wildman–Crippen LogP) is 3.03. The normalized spacial score (nSPS) is 18.3. The quantitative estimate of drug-likeness (QED) is 0.738. The third-order valence-corrected chi connectivity index (χ3v) is 4.46. The van der Waals surface area contributed by atoms with Crippen LogP contribution in [0.15, 0.2) is 48.5 Å². The van der Waals surface area contributed by atoms with Crippen molar-refractivity contribution in [2.24, 2.45) is 0 Å². The lowest BCUT2D eigenvalue weighted by Crippen LogP contribution is -2.30. The number of hydrogen-bond donors (Lipinski definition) is 1. The minimum absolute atomic E-state index is 0.178. The molecule has 148 valence electrons. The van der Waals surface area contributed by atoms with Gasteiger partial charge in [0.1, 0.15) is 6.61 Å². The molecule has 1 aliphatic heterocycles. The first-order chi connectivity index (χ1) is 13.6. The molecular formula is C21H23NO6. The van der Waals surface area contributed by atoms with Gasteiger partial charge in [0, 0.05) is 12.5 Å². The zero-order valence-corrected chi connectivity index (χ0v) is 15.8. The lowest BCUT2D eigenvalue weighted by Gasteiger charge is -2.19. The van der Waals surface area contributed by atoms with Crippen molar-refractivity contribution >= 4 is 12.1 Å². The summed E-state index contributed by atoms with van der Waals surface area (Å²) in [6, 6.07) is 15.2. The molecule has 0 aromatic heterocycles. The maximum Gasteiger partial charge on any atom is 0.509 e. The Kier molecular flexibility index (Phi) is 6.37. The summed E-state index contributed by atoms with van der Waals surface area (Å²) in [4.78, 5) is 23.8. The molecule has 1 fully saturated rings. The van der Waals surface area contributed by atoms with Crippen molar-refractivity contribution in [1.82, 2.24) is 5.32 Å². The molecule has 0 aliphatic carbocycles. The van der Waals surface area contributed by atoms with Crippen LogP contribution in [0.1, 0.15) is 24.0 Å². The van der Waals surface area contributed by atoms with E-state index in [1.165, 1.54) is 0 Å². The molecular weight excluding hydrogens is 362 g/mol. The van der Waals surface area contributed by atoms with Gasteiger partial charge in [-0.3, -0.25) is 4.79 Å². The summed E-state index contributed by atoms with van der Waals surface area (Å²) in [5.41, 5.74) is 1.83. The van der Waals surface area contributed by atoms with Crippen LogP contribution in [0.2, 0.25) is 0 Å². The lowest BCUT2D eigenvalue weighted by molar-refractivity contribution is -0.128. The summed E-state index contributed by atoms with van der Waals surface area (Å²) in [6.07, 6.45) is -1.81. The van der Waals surface area contributed by atoms with E-state index in [1.807, 2.05) is 42.5 Å². The van der Waals surface area contributed by atoms with Crippen LogP contribution in [0, 0.1) is 0 Å². The number of methoxy groups -OCH3 is 1. The SMILES string of the molecule is CCOC(=O)OC1C(=O)NCC1c1ccc(OC)c(OCc2ccccc2)c1. The molecule has 2 atom stereocenters. The fourth-order valence-electron chi connectivity index (χ4n) is 3.06. The molecule has 7 nitrogen and oxygen atoms in total. The monoisotopic (exact) mass is 385 g/mol. The highest BCUT2D eigenvalue weighted by Crippen LogP contribution is 2.34. The largest absolute Gasteiger partial charge is 0.509 e. The van der Waals surface area contributed by atoms with Gasteiger partial charge >= 0.3 is 6.16 Å². The van der Waals surface area contributed by atoms with Crippen molar-refractivity contribution in [2.45, 2.75) is 25.6 Å². The Hall–Kier alpha value is -3.22. The molecule has 1 aliphatic rings. The Bertz CT molecular complexity index is 823. The van der Waals surface area contributed by atoms with Crippen molar-refractivity contribution in [3.05, 3.63) is 59.7 Å². The first-order valence-electron chi connectivity index (χ1n) is 9.08. The number of hydrogen-bond acceptors (Lipinski definition) is 6. The molecule has 0 bridgehead atoms. The molecule has 0 saturated carbocycles. The van der Waals surface area contributed by atoms with Gasteiger partial charge in [-0.05, 0) is 30.2 Å². The van der Waals surface area contributed by atoms with Gasteiger partial charge in [-0.2, -0.15) is 0 Å². The standard InChI is InChI=1S/C21H23NO6/c1-3-26-21(24)28-19-16(12-22-20(19)23)15-9-10-17(25-2)18(11-15)27-13-14-7-5-4-6-8-14/h4-11,16,19H,3,12-13H2,1-2H3,(H,22,23). The number of ether oxygens (including phenoxy) is 4. The van der Waals surface area contributed by atoms with Crippen LogP contribution < -0.4 is 14.8 Å². The molecule has 1 saturated heterocycles. The third kappa shape index (κ3) is 4.54. The zero-order chi connectivity index (χ0) is 19.9. The van der Waals surface area contributed by atoms with Crippen molar-refractivity contribution in [3.8, 4) is 11.5 Å². The Balaban J connectivity index is 1.79. The lowest BCUT2D eigenvalue weighted by atomic mass is 9.95. The Labute approximate surface area is 163 Å². The number of rotatable bonds is 7. The van der Waals surface area contributed by atoms with Crippen molar-refractivity contribution in [2.75, 3.05) is 20.3 Å². The average Bonchev–Trinajstić information content (AvgIpc) is 3.07. The van der Waals surface area contributed by atoms with Gasteiger partial charge in [0.25, 0.3) is 5.91 Å². The Morgan fingerprint density at radius 1 is 1.14 bits per heavy atom. The summed E-state index contributed by atoms with van der Waals surface area (Å²) in [5, 5.41) is 2.73. The van der Waals surface area contributed by atoms with Gasteiger partial charge in [0.2, 0.25) is 0 Å². The molecule has 1 heterocycles. The van der Waals surface area contributed by atoms with Gasteiger partial charge in [0.15, 0.2) is 17.6 Å². The average molecular weight is 385 g/mol. The Morgan fingerprint density at radius 3 is 2.64 bits per heavy atom. The second kappa shape index (κ2) is 9.12. The molecule has 7 heteroatoms. The summed E-state index contributed by atoms with van der Waals surface area (Å²) in [5.74, 6) is 0.445. The fourth-order valence-corrected chi connectivity index (χ4v) is 3.06. The van der Waals surface area contributed by atoms with E-state index in [0.717, 1.165) is 11.1 Å². The summed E-state index contributed by atoms with van der Waals surface area (Å²) in [6.45, 7) is 2.59. The topological polar surface area (TPSA) is 83.1 Å². The maximum atomic E-state index is 12.1. The van der Waals surface area contributed by atoms with E-state index in [2.05, 4.69) is 5.32 Å². The number of carbonyl (C=O) groups is 2. The van der Waals surface area contributed by atoms with Crippen LogP contribution in [-0.2, 0) is 20.9 Å². The van der Waals surface area contributed by atoms with Gasteiger partial charge in [-0.25, -0.2) is 4.79 Å². The molecule has 1 amide bonds. The summed E-state index contributed by atoms with van der Waals surface area (Å²) in [7, 11) is 1.57. The second-order valence-corrected chi connectivity index (χ2v) is 6.26. The van der Waals surface area contributed by atoms with E-state index in [1.54, 1.807) is 20.1 Å². The van der Waals surface area contributed by atoms with Gasteiger partial charge in [-0.1, -0.05) is 36.4 Å². The Morgan fingerprint density at radius 2 is 1.93 bits per heavy atom. The first-order valence-corrected chi connectivity index (χ1v) is 9.08. The summed E-state index contributed by atoms with van der Waals surface area (Å²) >= 11 is 0. The van der Waals surface area contributed by atoms with Gasteiger partial charge < -0.3 is 24.3 Å². The van der Waals surface area contributed by atoms with Crippen LogP contribution in [0.3, 0.4) is 0 Å². The number of benzene rings is 2. The van der Waals surface area contributed by atoms with E-state index in [-0.39, 0.29) is 18.4 Å². The van der Waals surface area contributed by atoms with Crippen LogP contribution >= 0.6 is 0 Å². The maximum absolute atomic E-state index is 12.1. The number of amides is 1. The fraction of sp³-hybridized carbons (Fsp3) is 0.333. The van der Waals surface area contributed by atoms with Crippen LogP contribution in [0.5, 0.6) is 11.5 Å². The molecule has 28 heavy (non-hydrogen) atoms. The molecule has 1 N–H and O–H groups in total. The van der Waals surface area contributed by atoms with E-state index >= 15 is 0 Å². The third-order valence-electron chi connectivity index (χ3n) is 4.46. The van der Waals surface area contributed by atoms with Gasteiger partial charge in [0.05, 0.1) is 13.7 Å². The van der Waals surface area contributed by atoms with E-state index in [9.17, 15) is 9.59 Å². The summed E-state index contributed by atoms with van der Waals surface area (Å²) < 4.78 is 21.3. The van der Waals surface area contributed by atoms with Gasteiger partial charge in [-0.15, -0.1) is 0 Å². The minimum Gasteiger partial charge on any atom is -0.493 e. The minimum atomic E-state index is -0.950. The zero-order valence-electron chi connectivity index (χ0n) is 15.8. The van der Waals surface area contributed by atoms with Crippen molar-refractivity contribution in [3.63, 3.8) is 0 Å². The van der Waals surface area contributed by atoms with Crippen molar-refractivity contribution < 1.29 is 28.5 Å². The van der Waals surface area contributed by atoms with E-state index in [4.69, 9.17) is 18.9 Å². The smallest absolute Gasteiger partial charge is 0.493 e. The second-order valence-electron chi connectivity index (χ2n) is 6.26. The molecule has 2 aromatic rings. The highest BCUT2D eigenvalue weighted by atomic mass is 16.7. The molecule has 2 aromatic carbocycles. The van der Waals surface area contributed by atoms with Crippen LogP contribution in [0.25, 0.3) is 0 Å². The molecule has 0 radical (unpaired) electrons. The van der Waals surface area contributed by atoms with Crippen LogP contribution in [-0.4, -0.2) is 38.4 Å². The number of carbonyl (C=O) groups excluding carboxylic acids is 2. The predicted molar refractivity (Wildman–Crippen MR) is 101 cm³/mol. The van der Waals surface area contributed by atoms with Crippen molar-refractivity contribution in [1.29, 1.82) is 0 Å². The number of nitrogens with one attached hydrogen (secondary N) is 1. The molecule has 3 rings (SSSR count).